The van der Waals surface area contributed by atoms with Crippen LogP contribution in [0.25, 0.3) is 0 Å². The van der Waals surface area contributed by atoms with Gasteiger partial charge in [-0.15, -0.1) is 0 Å². The molecule has 0 atom stereocenters. The van der Waals surface area contributed by atoms with Crippen LogP contribution in [0.1, 0.15) is 10.5 Å². The van der Waals surface area contributed by atoms with Crippen molar-refractivity contribution < 1.29 is 15.0 Å². The van der Waals surface area contributed by atoms with E-state index in [1.807, 2.05) is 12.1 Å². The van der Waals surface area contributed by atoms with E-state index in [0.717, 1.165) is 31.9 Å². The maximum absolute atomic E-state index is 10.8. The number of nitrogens with zero attached hydrogens (tertiary/aromatic N) is 4. The third kappa shape index (κ3) is 2.78. The van der Waals surface area contributed by atoms with Gasteiger partial charge in [-0.1, -0.05) is 12.1 Å². The first-order chi connectivity index (χ1) is 10.6. The minimum Gasteiger partial charge on any atom is -0.506 e. The molecule has 3 rings (SSSR count). The van der Waals surface area contributed by atoms with E-state index >= 15 is 0 Å². The Morgan fingerprint density at radius 3 is 2.27 bits per heavy atom. The summed E-state index contributed by atoms with van der Waals surface area (Å²) in [7, 11) is 0. The molecule has 2 aromatic rings. The first-order valence-corrected chi connectivity index (χ1v) is 6.98. The van der Waals surface area contributed by atoms with Crippen LogP contribution in [0.3, 0.4) is 0 Å². The van der Waals surface area contributed by atoms with Crippen LogP contribution in [-0.4, -0.2) is 52.3 Å². The molecule has 0 radical (unpaired) electrons. The molecule has 7 heteroatoms. The molecule has 0 aliphatic carbocycles. The van der Waals surface area contributed by atoms with Gasteiger partial charge in [0.1, 0.15) is 11.6 Å². The smallest absolute Gasteiger partial charge is 0.356 e. The monoisotopic (exact) mass is 300 g/mol. The zero-order chi connectivity index (χ0) is 15.5. The molecular weight excluding hydrogens is 284 g/mol. The lowest BCUT2D eigenvalue weighted by Gasteiger charge is -2.36. The van der Waals surface area contributed by atoms with Crippen molar-refractivity contribution in [2.75, 3.05) is 36.0 Å². The van der Waals surface area contributed by atoms with Gasteiger partial charge in [0.05, 0.1) is 18.1 Å². The molecule has 1 aliphatic heterocycles. The topological polar surface area (TPSA) is 89.8 Å². The van der Waals surface area contributed by atoms with Gasteiger partial charge in [-0.3, -0.25) is 0 Å². The summed E-state index contributed by atoms with van der Waals surface area (Å²) >= 11 is 0. The number of rotatable bonds is 3. The summed E-state index contributed by atoms with van der Waals surface area (Å²) in [6.45, 7) is 2.96. The largest absolute Gasteiger partial charge is 0.506 e. The SMILES string of the molecule is O=C(O)c1cnc(N2CCN(c3ccccc3O)CC2)cn1. The number of hydrogen-bond acceptors (Lipinski definition) is 6. The molecule has 0 amide bonds. The maximum atomic E-state index is 10.8. The fraction of sp³-hybridized carbons (Fsp3) is 0.267. The molecule has 0 unspecified atom stereocenters. The number of hydrogen-bond donors (Lipinski definition) is 2. The molecule has 1 aromatic carbocycles. The van der Waals surface area contributed by atoms with E-state index in [9.17, 15) is 9.90 Å². The standard InChI is InChI=1S/C15H16N4O3/c20-13-4-2-1-3-12(13)18-5-7-19(8-6-18)14-10-16-11(9-17-14)15(21)22/h1-4,9-10,20H,5-8H2,(H,21,22). The van der Waals surface area contributed by atoms with Crippen molar-refractivity contribution in [2.24, 2.45) is 0 Å². The van der Waals surface area contributed by atoms with Crippen molar-refractivity contribution in [2.45, 2.75) is 0 Å². The van der Waals surface area contributed by atoms with Gasteiger partial charge in [0, 0.05) is 26.2 Å². The van der Waals surface area contributed by atoms with Crippen LogP contribution in [0.4, 0.5) is 11.5 Å². The lowest BCUT2D eigenvalue weighted by molar-refractivity contribution is 0.0690. The first kappa shape index (κ1) is 14.1. The maximum Gasteiger partial charge on any atom is 0.356 e. The van der Waals surface area contributed by atoms with E-state index < -0.39 is 5.97 Å². The molecular formula is C15H16N4O3. The molecule has 0 bridgehead atoms. The minimum atomic E-state index is -1.08. The highest BCUT2D eigenvalue weighted by Crippen LogP contribution is 2.27. The van der Waals surface area contributed by atoms with E-state index in [4.69, 9.17) is 5.11 Å². The number of anilines is 2. The summed E-state index contributed by atoms with van der Waals surface area (Å²) in [4.78, 5) is 23.0. The van der Waals surface area contributed by atoms with E-state index in [1.54, 1.807) is 12.1 Å². The predicted molar refractivity (Wildman–Crippen MR) is 81.5 cm³/mol. The Morgan fingerprint density at radius 2 is 1.68 bits per heavy atom. The van der Waals surface area contributed by atoms with Crippen molar-refractivity contribution in [3.8, 4) is 5.75 Å². The predicted octanol–water partition coefficient (Wildman–Crippen LogP) is 1.21. The van der Waals surface area contributed by atoms with Crippen molar-refractivity contribution in [1.29, 1.82) is 0 Å². The van der Waals surface area contributed by atoms with Gasteiger partial charge in [-0.25, -0.2) is 14.8 Å². The molecule has 22 heavy (non-hydrogen) atoms. The van der Waals surface area contributed by atoms with Crippen LogP contribution >= 0.6 is 0 Å². The number of piperazine rings is 1. The van der Waals surface area contributed by atoms with Gasteiger partial charge >= 0.3 is 5.97 Å². The second-order valence-electron chi connectivity index (χ2n) is 5.03. The fourth-order valence-electron chi connectivity index (χ4n) is 2.50. The van der Waals surface area contributed by atoms with E-state index in [0.29, 0.717) is 5.82 Å². The summed E-state index contributed by atoms with van der Waals surface area (Å²) in [5.41, 5.74) is 0.769. The van der Waals surface area contributed by atoms with Crippen molar-refractivity contribution in [3.63, 3.8) is 0 Å². The van der Waals surface area contributed by atoms with Gasteiger partial charge < -0.3 is 20.0 Å². The quantitative estimate of drug-likeness (QED) is 0.880. The molecule has 0 saturated carbocycles. The number of carbonyl (C=O) groups is 1. The van der Waals surface area contributed by atoms with Crippen LogP contribution in [-0.2, 0) is 0 Å². The van der Waals surface area contributed by atoms with Crippen molar-refractivity contribution >= 4 is 17.5 Å². The summed E-state index contributed by atoms with van der Waals surface area (Å²) < 4.78 is 0. The zero-order valence-electron chi connectivity index (χ0n) is 11.9. The lowest BCUT2D eigenvalue weighted by atomic mass is 10.2. The van der Waals surface area contributed by atoms with Gasteiger partial charge in [-0.05, 0) is 12.1 Å². The second kappa shape index (κ2) is 5.88. The second-order valence-corrected chi connectivity index (χ2v) is 5.03. The van der Waals surface area contributed by atoms with E-state index in [1.165, 1.54) is 12.4 Å². The molecule has 0 spiro atoms. The number of carboxylic acid groups (broad SMARTS) is 1. The fourth-order valence-corrected chi connectivity index (χ4v) is 2.50. The highest BCUT2D eigenvalue weighted by atomic mass is 16.4. The average molecular weight is 300 g/mol. The Morgan fingerprint density at radius 1 is 1.00 bits per heavy atom. The van der Waals surface area contributed by atoms with Crippen LogP contribution < -0.4 is 9.80 Å². The molecule has 7 nitrogen and oxygen atoms in total. The normalized spacial score (nSPS) is 14.9. The van der Waals surface area contributed by atoms with Gasteiger partial charge in [0.15, 0.2) is 5.69 Å². The number of aromatic nitrogens is 2. The van der Waals surface area contributed by atoms with Gasteiger partial charge in [0.25, 0.3) is 0 Å². The Bertz CT molecular complexity index is 667. The van der Waals surface area contributed by atoms with Gasteiger partial charge in [0.2, 0.25) is 0 Å². The lowest BCUT2D eigenvalue weighted by Crippen LogP contribution is -2.46. The Kier molecular flexibility index (Phi) is 3.78. The van der Waals surface area contributed by atoms with E-state index in [-0.39, 0.29) is 11.4 Å². The van der Waals surface area contributed by atoms with Crippen LogP contribution in [0, 0.1) is 0 Å². The summed E-state index contributed by atoms with van der Waals surface area (Å²) in [5, 5.41) is 18.7. The molecule has 2 N–H and O–H groups in total. The third-order valence-corrected chi connectivity index (χ3v) is 3.68. The highest BCUT2D eigenvalue weighted by Gasteiger charge is 2.20. The van der Waals surface area contributed by atoms with Crippen LogP contribution in [0.15, 0.2) is 36.7 Å². The van der Waals surface area contributed by atoms with Crippen molar-refractivity contribution in [3.05, 3.63) is 42.4 Å². The molecule has 1 fully saturated rings. The van der Waals surface area contributed by atoms with Crippen LogP contribution in [0.5, 0.6) is 5.75 Å². The van der Waals surface area contributed by atoms with Gasteiger partial charge in [-0.2, -0.15) is 0 Å². The summed E-state index contributed by atoms with van der Waals surface area (Å²) in [6, 6.07) is 7.27. The number of aromatic carboxylic acids is 1. The van der Waals surface area contributed by atoms with Crippen molar-refractivity contribution in [1.82, 2.24) is 9.97 Å². The Balaban J connectivity index is 1.66. The average Bonchev–Trinajstić information content (AvgIpc) is 2.56. The number of para-hydroxylation sites is 2. The van der Waals surface area contributed by atoms with E-state index in [2.05, 4.69) is 19.8 Å². The number of benzene rings is 1. The molecule has 1 aliphatic rings. The summed E-state index contributed by atoms with van der Waals surface area (Å²) in [6.07, 6.45) is 2.76. The van der Waals surface area contributed by atoms with Crippen LogP contribution in [0.2, 0.25) is 0 Å². The minimum absolute atomic E-state index is 0.0587. The number of carboxylic acids is 1. The molecule has 1 aromatic heterocycles. The molecule has 1 saturated heterocycles. The number of aromatic hydroxyl groups is 1. The Hall–Kier alpha value is -2.83. The number of phenols is 1. The summed E-state index contributed by atoms with van der Waals surface area (Å²) in [5.74, 6) is -0.132. The first-order valence-electron chi connectivity index (χ1n) is 6.98. The third-order valence-electron chi connectivity index (χ3n) is 3.68. The number of phenolic OH excluding ortho intramolecular Hbond substituents is 1. The highest BCUT2D eigenvalue weighted by molar-refractivity contribution is 5.84. The Labute approximate surface area is 127 Å². The molecule has 114 valence electrons. The molecule has 2 heterocycles. The zero-order valence-corrected chi connectivity index (χ0v) is 11.9.